The quantitative estimate of drug-likeness (QED) is 0.518. The van der Waals surface area contributed by atoms with E-state index >= 15 is 0 Å². The molecule has 210 valence electrons. The lowest BCUT2D eigenvalue weighted by Gasteiger charge is -2.27. The lowest BCUT2D eigenvalue weighted by Crippen LogP contribution is -2.35. The number of carbonyl (C=O) groups is 2. The number of rotatable bonds is 6. The van der Waals surface area contributed by atoms with Crippen LogP contribution < -0.4 is 0 Å². The van der Waals surface area contributed by atoms with E-state index in [1.165, 1.54) is 5.56 Å². The summed E-state index contributed by atoms with van der Waals surface area (Å²) in [4.78, 5) is 24.7. The molecular formula is C24H26F6N2O6. The van der Waals surface area contributed by atoms with Gasteiger partial charge in [-0.1, -0.05) is 36.4 Å². The summed E-state index contributed by atoms with van der Waals surface area (Å²) in [7, 11) is 0. The van der Waals surface area contributed by atoms with Crippen molar-refractivity contribution in [1.82, 2.24) is 9.88 Å². The first-order chi connectivity index (χ1) is 17.7. The molecule has 2 fully saturated rings. The van der Waals surface area contributed by atoms with Crippen molar-refractivity contribution in [2.45, 2.75) is 25.5 Å². The second-order valence-corrected chi connectivity index (χ2v) is 8.65. The van der Waals surface area contributed by atoms with E-state index in [1.54, 1.807) is 0 Å². The van der Waals surface area contributed by atoms with Gasteiger partial charge in [-0.05, 0) is 17.7 Å². The lowest BCUT2D eigenvalue weighted by atomic mass is 9.82. The Morgan fingerprint density at radius 1 is 1.00 bits per heavy atom. The van der Waals surface area contributed by atoms with Crippen LogP contribution in [0.25, 0.3) is 0 Å². The number of carboxylic acids is 2. The number of halogens is 6. The Labute approximate surface area is 213 Å². The van der Waals surface area contributed by atoms with Gasteiger partial charge in [0.25, 0.3) is 0 Å². The molecule has 2 aliphatic heterocycles. The van der Waals surface area contributed by atoms with Gasteiger partial charge in [0.1, 0.15) is 0 Å². The zero-order valence-corrected chi connectivity index (χ0v) is 19.9. The molecule has 1 aromatic heterocycles. The third kappa shape index (κ3) is 9.91. The van der Waals surface area contributed by atoms with Gasteiger partial charge in [-0.25, -0.2) is 9.59 Å². The third-order valence-electron chi connectivity index (χ3n) is 5.69. The van der Waals surface area contributed by atoms with Gasteiger partial charge in [-0.2, -0.15) is 26.3 Å². The van der Waals surface area contributed by atoms with Gasteiger partial charge in [-0.15, -0.1) is 0 Å². The van der Waals surface area contributed by atoms with Crippen LogP contribution in [-0.4, -0.2) is 77.3 Å². The Morgan fingerprint density at radius 3 is 2.11 bits per heavy atom. The van der Waals surface area contributed by atoms with Gasteiger partial charge in [0.2, 0.25) is 0 Å². The molecule has 0 radical (unpaired) electrons. The van der Waals surface area contributed by atoms with E-state index in [1.807, 2.05) is 24.4 Å². The number of pyridine rings is 1. The summed E-state index contributed by atoms with van der Waals surface area (Å²) >= 11 is 0. The number of likely N-dealkylation sites (tertiary alicyclic amines) is 1. The molecule has 2 aromatic rings. The van der Waals surface area contributed by atoms with Crippen molar-refractivity contribution in [3.05, 3.63) is 66.0 Å². The highest BCUT2D eigenvalue weighted by Crippen LogP contribution is 2.42. The number of fused-ring (bicyclic) bond motifs is 1. The fourth-order valence-corrected chi connectivity index (χ4v) is 3.95. The van der Waals surface area contributed by atoms with Crippen LogP contribution in [0.4, 0.5) is 26.3 Å². The average Bonchev–Trinajstić information content (AvgIpc) is 3.36. The zero-order chi connectivity index (χ0) is 28.4. The van der Waals surface area contributed by atoms with Crippen LogP contribution in [0.2, 0.25) is 0 Å². The number of ether oxygens (including phenoxy) is 2. The molecule has 4 rings (SSSR count). The standard InChI is InChI=1S/C20H24N2O2.2C2HF3O2/c1-2-6-17(7-3-1)10-22-11-18-12-23-15-20(18,14-22)16-24-13-19-8-4-5-9-21-19;2*3-2(4,5)1(6)7/h1-9,18H,10-16H2;2*(H,6,7)/t18-,20+;;/m1../s1. The van der Waals surface area contributed by atoms with Crippen molar-refractivity contribution in [2.75, 3.05) is 32.9 Å². The molecule has 2 atom stereocenters. The summed E-state index contributed by atoms with van der Waals surface area (Å²) in [6.07, 6.45) is -8.35. The number of aliphatic carboxylic acids is 2. The van der Waals surface area contributed by atoms with E-state index in [2.05, 4.69) is 40.2 Å². The minimum atomic E-state index is -5.08. The average molecular weight is 552 g/mol. The number of hydrogen-bond donors (Lipinski definition) is 2. The van der Waals surface area contributed by atoms with E-state index < -0.39 is 24.3 Å². The summed E-state index contributed by atoms with van der Waals surface area (Å²) in [6.45, 7) is 6.16. The molecule has 0 saturated carbocycles. The monoisotopic (exact) mass is 552 g/mol. The fraction of sp³-hybridized carbons (Fsp3) is 0.458. The van der Waals surface area contributed by atoms with Crippen LogP contribution in [0.1, 0.15) is 11.3 Å². The molecule has 1 aromatic carbocycles. The van der Waals surface area contributed by atoms with E-state index in [9.17, 15) is 26.3 Å². The first-order valence-electron chi connectivity index (χ1n) is 11.1. The molecule has 0 unspecified atom stereocenters. The maximum Gasteiger partial charge on any atom is 0.490 e. The highest BCUT2D eigenvalue weighted by atomic mass is 19.4. The van der Waals surface area contributed by atoms with Crippen LogP contribution >= 0.6 is 0 Å². The van der Waals surface area contributed by atoms with E-state index in [0.717, 1.165) is 45.1 Å². The van der Waals surface area contributed by atoms with E-state index in [4.69, 9.17) is 29.3 Å². The molecule has 8 nitrogen and oxygen atoms in total. The second-order valence-electron chi connectivity index (χ2n) is 8.65. The summed E-state index contributed by atoms with van der Waals surface area (Å²) in [5, 5.41) is 14.2. The zero-order valence-electron chi connectivity index (χ0n) is 19.9. The van der Waals surface area contributed by atoms with Crippen molar-refractivity contribution < 1.29 is 55.6 Å². The van der Waals surface area contributed by atoms with Crippen LogP contribution in [0.5, 0.6) is 0 Å². The summed E-state index contributed by atoms with van der Waals surface area (Å²) in [5.74, 6) is -4.94. The summed E-state index contributed by atoms with van der Waals surface area (Å²) in [5.41, 5.74) is 2.51. The Morgan fingerprint density at radius 2 is 1.58 bits per heavy atom. The van der Waals surface area contributed by atoms with Crippen LogP contribution in [-0.2, 0) is 32.2 Å². The van der Waals surface area contributed by atoms with Gasteiger partial charge < -0.3 is 19.7 Å². The molecule has 14 heteroatoms. The molecule has 0 aliphatic carbocycles. The number of hydrogen-bond acceptors (Lipinski definition) is 6. The first-order valence-corrected chi connectivity index (χ1v) is 11.1. The van der Waals surface area contributed by atoms with Crippen LogP contribution in [0.15, 0.2) is 54.7 Å². The van der Waals surface area contributed by atoms with Gasteiger partial charge >= 0.3 is 24.3 Å². The van der Waals surface area contributed by atoms with Crippen molar-refractivity contribution >= 4 is 11.9 Å². The third-order valence-corrected chi connectivity index (χ3v) is 5.69. The Bertz CT molecular complexity index is 999. The number of aromatic nitrogens is 1. The normalized spacial score (nSPS) is 20.9. The minimum Gasteiger partial charge on any atom is -0.475 e. The highest BCUT2D eigenvalue weighted by Gasteiger charge is 2.50. The molecule has 0 spiro atoms. The van der Waals surface area contributed by atoms with Crippen LogP contribution in [0.3, 0.4) is 0 Å². The SMILES string of the molecule is O=C(O)C(F)(F)F.O=C(O)C(F)(F)F.c1ccc(CN2C[C@@H]3COC[C@]3(COCc3ccccn3)C2)cc1. The second kappa shape index (κ2) is 13.5. The first kappa shape index (κ1) is 31.0. The van der Waals surface area contributed by atoms with Crippen molar-refractivity contribution in [3.8, 4) is 0 Å². The summed E-state index contributed by atoms with van der Waals surface area (Å²) in [6, 6.07) is 16.6. The number of benzene rings is 1. The van der Waals surface area contributed by atoms with Gasteiger partial charge in [0.05, 0.1) is 32.1 Å². The molecule has 2 N–H and O–H groups in total. The predicted octanol–water partition coefficient (Wildman–Crippen LogP) is 4.01. The maximum absolute atomic E-state index is 10.6. The molecule has 38 heavy (non-hydrogen) atoms. The summed E-state index contributed by atoms with van der Waals surface area (Å²) < 4.78 is 75.3. The lowest BCUT2D eigenvalue weighted by molar-refractivity contribution is -0.193. The number of nitrogens with zero attached hydrogens (tertiary/aromatic N) is 2. The fourth-order valence-electron chi connectivity index (χ4n) is 3.95. The molecule has 3 heterocycles. The van der Waals surface area contributed by atoms with Crippen LogP contribution in [0, 0.1) is 11.3 Å². The molecule has 2 aliphatic rings. The van der Waals surface area contributed by atoms with E-state index in [-0.39, 0.29) is 5.41 Å². The largest absolute Gasteiger partial charge is 0.490 e. The molecule has 0 amide bonds. The Hall–Kier alpha value is -3.23. The van der Waals surface area contributed by atoms with Crippen molar-refractivity contribution in [1.29, 1.82) is 0 Å². The number of carboxylic acid groups (broad SMARTS) is 2. The smallest absolute Gasteiger partial charge is 0.475 e. The topological polar surface area (TPSA) is 109 Å². The maximum atomic E-state index is 10.6. The molecule has 0 bridgehead atoms. The van der Waals surface area contributed by atoms with Crippen molar-refractivity contribution in [2.24, 2.45) is 11.3 Å². The van der Waals surface area contributed by atoms with Gasteiger partial charge in [0.15, 0.2) is 0 Å². The van der Waals surface area contributed by atoms with Gasteiger partial charge in [0, 0.05) is 37.2 Å². The highest BCUT2D eigenvalue weighted by molar-refractivity contribution is 5.73. The van der Waals surface area contributed by atoms with Crippen molar-refractivity contribution in [3.63, 3.8) is 0 Å². The van der Waals surface area contributed by atoms with E-state index in [0.29, 0.717) is 12.5 Å². The minimum absolute atomic E-state index is 0.142. The van der Waals surface area contributed by atoms with Gasteiger partial charge in [-0.3, -0.25) is 9.88 Å². The predicted molar refractivity (Wildman–Crippen MR) is 120 cm³/mol. The molecule has 2 saturated heterocycles. The molecular weight excluding hydrogens is 526 g/mol. The Balaban J connectivity index is 0.000000301. The number of alkyl halides is 6. The Kier molecular flexibility index (Phi) is 11.0.